The standard InChI is InChI=1S/C11H7BrF3NO2/c12-9-5-8(17)6-3-1-2-4-7(6)16(9)10(18)11(13,14)15/h1-4,9H,5H2. The summed E-state index contributed by atoms with van der Waals surface area (Å²) in [6.07, 6.45) is -5.15. The Hall–Kier alpha value is -1.37. The van der Waals surface area contributed by atoms with E-state index in [9.17, 15) is 22.8 Å². The molecule has 0 bridgehead atoms. The molecule has 0 spiro atoms. The molecule has 1 aromatic rings. The fourth-order valence-corrected chi connectivity index (χ4v) is 2.50. The van der Waals surface area contributed by atoms with E-state index in [1.54, 1.807) is 6.07 Å². The normalized spacial score (nSPS) is 19.7. The highest BCUT2D eigenvalue weighted by atomic mass is 79.9. The van der Waals surface area contributed by atoms with Gasteiger partial charge in [-0.15, -0.1) is 0 Å². The van der Waals surface area contributed by atoms with Gasteiger partial charge < -0.3 is 0 Å². The highest BCUT2D eigenvalue weighted by molar-refractivity contribution is 9.09. The first-order valence-corrected chi connectivity index (χ1v) is 5.90. The van der Waals surface area contributed by atoms with Gasteiger partial charge >= 0.3 is 12.1 Å². The Balaban J connectivity index is 2.52. The summed E-state index contributed by atoms with van der Waals surface area (Å²) >= 11 is 2.94. The molecule has 1 atom stereocenters. The van der Waals surface area contributed by atoms with Gasteiger partial charge in [-0.3, -0.25) is 14.5 Å². The molecule has 0 N–H and O–H groups in total. The predicted octanol–water partition coefficient (Wildman–Crippen LogP) is 2.89. The lowest BCUT2D eigenvalue weighted by Crippen LogP contribution is -2.48. The number of Topliss-reactive ketones (excluding diaryl/α,β-unsaturated/α-hetero) is 1. The minimum Gasteiger partial charge on any atom is -0.294 e. The number of carbonyl (C=O) groups is 2. The van der Waals surface area contributed by atoms with Crippen molar-refractivity contribution in [3.05, 3.63) is 29.8 Å². The molecule has 1 unspecified atom stereocenters. The van der Waals surface area contributed by atoms with Crippen LogP contribution in [0.2, 0.25) is 0 Å². The minimum atomic E-state index is -4.97. The molecular weight excluding hydrogens is 315 g/mol. The largest absolute Gasteiger partial charge is 0.471 e. The molecule has 3 nitrogen and oxygen atoms in total. The number of anilines is 1. The SMILES string of the molecule is O=C1CC(Br)N(C(=O)C(F)(F)F)c2ccccc21. The molecule has 1 aromatic carbocycles. The van der Waals surface area contributed by atoms with Gasteiger partial charge in [0.25, 0.3) is 0 Å². The van der Waals surface area contributed by atoms with Crippen LogP contribution in [-0.2, 0) is 4.79 Å². The number of halogens is 4. The highest BCUT2D eigenvalue weighted by Crippen LogP contribution is 2.35. The Morgan fingerprint density at radius 2 is 1.94 bits per heavy atom. The summed E-state index contributed by atoms with van der Waals surface area (Å²) in [5.41, 5.74) is 0.115. The van der Waals surface area contributed by atoms with Gasteiger partial charge in [0, 0.05) is 12.0 Å². The van der Waals surface area contributed by atoms with Crippen LogP contribution >= 0.6 is 15.9 Å². The van der Waals surface area contributed by atoms with Crippen molar-refractivity contribution in [3.63, 3.8) is 0 Å². The Labute approximate surface area is 109 Å². The van der Waals surface area contributed by atoms with Crippen LogP contribution in [0.25, 0.3) is 0 Å². The molecule has 0 fully saturated rings. The number of amides is 1. The molecule has 7 heteroatoms. The smallest absolute Gasteiger partial charge is 0.294 e. The number of carbonyl (C=O) groups excluding carboxylic acids is 2. The third-order valence-electron chi connectivity index (χ3n) is 2.56. The molecule has 96 valence electrons. The number of hydrogen-bond acceptors (Lipinski definition) is 2. The Bertz CT molecular complexity index is 515. The summed E-state index contributed by atoms with van der Waals surface area (Å²) in [6, 6.07) is 5.76. The number of fused-ring (bicyclic) bond motifs is 1. The van der Waals surface area contributed by atoms with Crippen molar-refractivity contribution in [1.82, 2.24) is 0 Å². The number of hydrogen-bond donors (Lipinski definition) is 0. The first-order valence-electron chi connectivity index (χ1n) is 4.99. The van der Waals surface area contributed by atoms with Crippen molar-refractivity contribution < 1.29 is 22.8 Å². The van der Waals surface area contributed by atoms with E-state index in [0.29, 0.717) is 4.90 Å². The van der Waals surface area contributed by atoms with Crippen molar-refractivity contribution in [2.45, 2.75) is 17.5 Å². The number of para-hydroxylation sites is 1. The summed E-state index contributed by atoms with van der Waals surface area (Å²) in [7, 11) is 0. The molecule has 1 amide bonds. The summed E-state index contributed by atoms with van der Waals surface area (Å²) < 4.78 is 37.5. The summed E-state index contributed by atoms with van der Waals surface area (Å²) in [6.45, 7) is 0. The monoisotopic (exact) mass is 321 g/mol. The van der Waals surface area contributed by atoms with Crippen LogP contribution < -0.4 is 4.90 Å². The maximum atomic E-state index is 12.5. The zero-order chi connectivity index (χ0) is 13.5. The van der Waals surface area contributed by atoms with Crippen LogP contribution in [0, 0.1) is 0 Å². The zero-order valence-electron chi connectivity index (χ0n) is 8.87. The van der Waals surface area contributed by atoms with Crippen LogP contribution in [0.3, 0.4) is 0 Å². The van der Waals surface area contributed by atoms with Gasteiger partial charge in [0.15, 0.2) is 5.78 Å². The van der Waals surface area contributed by atoms with Crippen LogP contribution in [0.15, 0.2) is 24.3 Å². The lowest BCUT2D eigenvalue weighted by Gasteiger charge is -2.33. The maximum absolute atomic E-state index is 12.5. The van der Waals surface area contributed by atoms with E-state index in [1.807, 2.05) is 0 Å². The molecule has 0 saturated heterocycles. The van der Waals surface area contributed by atoms with E-state index in [1.165, 1.54) is 18.2 Å². The van der Waals surface area contributed by atoms with E-state index in [2.05, 4.69) is 15.9 Å². The van der Waals surface area contributed by atoms with Gasteiger partial charge in [0.1, 0.15) is 0 Å². The van der Waals surface area contributed by atoms with E-state index >= 15 is 0 Å². The van der Waals surface area contributed by atoms with Gasteiger partial charge in [0.05, 0.1) is 10.6 Å². The molecule has 0 aromatic heterocycles. The minimum absolute atomic E-state index is 0.0158. The number of ketones is 1. The Kier molecular flexibility index (Phi) is 3.18. The van der Waals surface area contributed by atoms with Crippen LogP contribution in [0.4, 0.5) is 18.9 Å². The molecule has 0 radical (unpaired) electrons. The van der Waals surface area contributed by atoms with Crippen LogP contribution in [-0.4, -0.2) is 22.8 Å². The third-order valence-corrected chi connectivity index (χ3v) is 3.29. The first-order chi connectivity index (χ1) is 8.32. The third kappa shape index (κ3) is 2.14. The van der Waals surface area contributed by atoms with Crippen LogP contribution in [0.1, 0.15) is 16.8 Å². The zero-order valence-corrected chi connectivity index (χ0v) is 10.5. The topological polar surface area (TPSA) is 37.4 Å². The highest BCUT2D eigenvalue weighted by Gasteiger charge is 2.47. The summed E-state index contributed by atoms with van der Waals surface area (Å²) in [5.74, 6) is -2.27. The summed E-state index contributed by atoms with van der Waals surface area (Å²) in [5, 5.41) is 0. The molecule has 18 heavy (non-hydrogen) atoms. The van der Waals surface area contributed by atoms with E-state index < -0.39 is 17.0 Å². The van der Waals surface area contributed by atoms with Gasteiger partial charge in [0.2, 0.25) is 0 Å². The van der Waals surface area contributed by atoms with E-state index in [0.717, 1.165) is 0 Å². The molecule has 1 heterocycles. The van der Waals surface area contributed by atoms with E-state index in [4.69, 9.17) is 0 Å². The number of alkyl halides is 4. The predicted molar refractivity (Wildman–Crippen MR) is 61.6 cm³/mol. The second-order valence-electron chi connectivity index (χ2n) is 3.75. The number of nitrogens with zero attached hydrogens (tertiary/aromatic N) is 1. The Morgan fingerprint density at radius 1 is 1.33 bits per heavy atom. The second kappa shape index (κ2) is 4.38. The number of rotatable bonds is 0. The summed E-state index contributed by atoms with van der Waals surface area (Å²) in [4.78, 5) is 22.6. The van der Waals surface area contributed by atoms with Crippen molar-refractivity contribution in [3.8, 4) is 0 Å². The quantitative estimate of drug-likeness (QED) is 0.544. The fraction of sp³-hybridized carbons (Fsp3) is 0.273. The molecule has 1 aliphatic heterocycles. The lowest BCUT2D eigenvalue weighted by molar-refractivity contribution is -0.170. The molecular formula is C11H7BrF3NO2. The van der Waals surface area contributed by atoms with E-state index in [-0.39, 0.29) is 23.5 Å². The first kappa shape index (κ1) is 13.1. The van der Waals surface area contributed by atoms with Crippen molar-refractivity contribution in [1.29, 1.82) is 0 Å². The van der Waals surface area contributed by atoms with Gasteiger partial charge in [-0.25, -0.2) is 0 Å². The van der Waals surface area contributed by atoms with Crippen molar-refractivity contribution >= 4 is 33.3 Å². The average molecular weight is 322 g/mol. The Morgan fingerprint density at radius 3 is 2.56 bits per heavy atom. The molecule has 0 aliphatic carbocycles. The van der Waals surface area contributed by atoms with Crippen molar-refractivity contribution in [2.24, 2.45) is 0 Å². The van der Waals surface area contributed by atoms with Crippen molar-refractivity contribution in [2.75, 3.05) is 4.90 Å². The van der Waals surface area contributed by atoms with Gasteiger partial charge in [-0.1, -0.05) is 28.1 Å². The molecule has 2 rings (SSSR count). The van der Waals surface area contributed by atoms with Crippen LogP contribution in [0.5, 0.6) is 0 Å². The van der Waals surface area contributed by atoms with Gasteiger partial charge in [-0.05, 0) is 12.1 Å². The average Bonchev–Trinajstić information content (AvgIpc) is 2.27. The molecule has 1 aliphatic rings. The molecule has 0 saturated carbocycles. The second-order valence-corrected chi connectivity index (χ2v) is 4.81. The number of benzene rings is 1. The fourth-order valence-electron chi connectivity index (χ4n) is 1.80. The van der Waals surface area contributed by atoms with Gasteiger partial charge in [-0.2, -0.15) is 13.2 Å². The lowest BCUT2D eigenvalue weighted by atomic mass is 10.0. The maximum Gasteiger partial charge on any atom is 0.471 e.